The van der Waals surface area contributed by atoms with E-state index >= 15 is 0 Å². The molecule has 1 aliphatic rings. The van der Waals surface area contributed by atoms with Crippen LogP contribution in [0, 0.1) is 6.92 Å². The third kappa shape index (κ3) is 3.46. The van der Waals surface area contributed by atoms with Crippen LogP contribution in [0.2, 0.25) is 0 Å². The van der Waals surface area contributed by atoms with Crippen molar-refractivity contribution in [1.82, 2.24) is 15.3 Å². The molecule has 2 aromatic rings. The molecule has 7 nitrogen and oxygen atoms in total. The van der Waals surface area contributed by atoms with Crippen LogP contribution in [0.1, 0.15) is 12.1 Å². The number of nitrogens with one attached hydrogen (secondary N) is 2. The van der Waals surface area contributed by atoms with Crippen molar-refractivity contribution in [1.29, 1.82) is 0 Å². The van der Waals surface area contributed by atoms with Gasteiger partial charge in [0.1, 0.15) is 0 Å². The maximum atomic E-state index is 12.4. The zero-order valence-corrected chi connectivity index (χ0v) is 14.6. The number of sulfonamides is 1. The van der Waals surface area contributed by atoms with Gasteiger partial charge in [-0.2, -0.15) is 8.42 Å². The molecule has 0 bridgehead atoms. The summed E-state index contributed by atoms with van der Waals surface area (Å²) in [6.45, 7) is 3.77. The smallest absolute Gasteiger partial charge is 0.280 e. The number of likely N-dealkylation sites (N-methyl/N-ethyl adjacent to an activating group) is 1. The standard InChI is InChI=1S/C14H19N5O2S2/c1-10-12(19(2)11-5-6-15-7-11)3-4-14(17-10)23(20,21)18-13-8-22-9-16-13/h3-4,8-9,11,15,18H,5-7H2,1-2H3. The number of pyridine rings is 1. The summed E-state index contributed by atoms with van der Waals surface area (Å²) < 4.78 is 27.1. The SMILES string of the molecule is Cc1nc(S(=O)(=O)Nc2cscn2)ccc1N(C)C1CCNC1. The van der Waals surface area contributed by atoms with Gasteiger partial charge >= 0.3 is 0 Å². The molecular formula is C14H19N5O2S2. The van der Waals surface area contributed by atoms with Crippen molar-refractivity contribution >= 4 is 32.9 Å². The van der Waals surface area contributed by atoms with Crippen LogP contribution in [0.15, 0.2) is 28.0 Å². The fourth-order valence-electron chi connectivity index (χ4n) is 2.67. The van der Waals surface area contributed by atoms with E-state index in [0.717, 1.165) is 25.2 Å². The summed E-state index contributed by atoms with van der Waals surface area (Å²) in [6.07, 6.45) is 1.07. The monoisotopic (exact) mass is 353 g/mol. The highest BCUT2D eigenvalue weighted by Crippen LogP contribution is 2.24. The summed E-state index contributed by atoms with van der Waals surface area (Å²) in [6, 6.07) is 3.76. The normalized spacial score (nSPS) is 18.1. The van der Waals surface area contributed by atoms with Crippen LogP contribution in [-0.4, -0.2) is 44.6 Å². The number of aromatic nitrogens is 2. The summed E-state index contributed by atoms with van der Waals surface area (Å²) in [7, 11) is -1.70. The summed E-state index contributed by atoms with van der Waals surface area (Å²) in [5.74, 6) is 0.313. The van der Waals surface area contributed by atoms with Crippen molar-refractivity contribution in [2.75, 3.05) is 29.8 Å². The Balaban J connectivity index is 1.83. The molecule has 0 saturated carbocycles. The largest absolute Gasteiger partial charge is 0.369 e. The lowest BCUT2D eigenvalue weighted by molar-refractivity contribution is 0.597. The molecule has 9 heteroatoms. The van der Waals surface area contributed by atoms with Crippen molar-refractivity contribution in [2.24, 2.45) is 0 Å². The Kier molecular flexibility index (Phi) is 4.51. The second-order valence-electron chi connectivity index (χ2n) is 5.49. The molecule has 1 fully saturated rings. The molecule has 124 valence electrons. The van der Waals surface area contributed by atoms with E-state index in [-0.39, 0.29) is 5.03 Å². The zero-order chi connectivity index (χ0) is 16.4. The molecule has 1 unspecified atom stereocenters. The Hall–Kier alpha value is -1.71. The topological polar surface area (TPSA) is 87.2 Å². The number of rotatable bonds is 5. The van der Waals surface area contributed by atoms with Crippen molar-refractivity contribution in [3.8, 4) is 0 Å². The molecule has 1 aliphatic heterocycles. The van der Waals surface area contributed by atoms with Crippen molar-refractivity contribution in [2.45, 2.75) is 24.4 Å². The van der Waals surface area contributed by atoms with Gasteiger partial charge in [-0.3, -0.25) is 4.72 Å². The van der Waals surface area contributed by atoms with Crippen LogP contribution in [0.3, 0.4) is 0 Å². The number of anilines is 2. The van der Waals surface area contributed by atoms with E-state index in [1.165, 1.54) is 17.4 Å². The van der Waals surface area contributed by atoms with Gasteiger partial charge in [-0.25, -0.2) is 9.97 Å². The van der Waals surface area contributed by atoms with Gasteiger partial charge in [0.05, 0.1) is 16.9 Å². The van der Waals surface area contributed by atoms with Crippen LogP contribution in [0.4, 0.5) is 11.5 Å². The van der Waals surface area contributed by atoms with Gasteiger partial charge < -0.3 is 10.2 Å². The lowest BCUT2D eigenvalue weighted by Gasteiger charge is -2.27. The van der Waals surface area contributed by atoms with E-state index in [2.05, 4.69) is 24.9 Å². The molecule has 0 spiro atoms. The lowest BCUT2D eigenvalue weighted by atomic mass is 10.2. The Morgan fingerprint density at radius 3 is 2.87 bits per heavy atom. The second kappa shape index (κ2) is 6.42. The molecule has 0 amide bonds. The first-order valence-corrected chi connectivity index (χ1v) is 9.72. The molecule has 3 rings (SSSR count). The van der Waals surface area contributed by atoms with Crippen LogP contribution in [0.5, 0.6) is 0 Å². The first-order chi connectivity index (χ1) is 11.0. The Labute approximate surface area is 139 Å². The van der Waals surface area contributed by atoms with Crippen molar-refractivity contribution in [3.05, 3.63) is 28.7 Å². The summed E-state index contributed by atoms with van der Waals surface area (Å²) in [5.41, 5.74) is 3.22. The highest BCUT2D eigenvalue weighted by atomic mass is 32.2. The van der Waals surface area contributed by atoms with Crippen LogP contribution in [0.25, 0.3) is 0 Å². The van der Waals surface area contributed by atoms with Gasteiger partial charge in [-0.1, -0.05) is 0 Å². The fraction of sp³-hybridized carbons (Fsp3) is 0.429. The molecule has 0 aliphatic carbocycles. The maximum Gasteiger partial charge on any atom is 0.280 e. The Bertz CT molecular complexity index is 770. The van der Waals surface area contributed by atoms with Gasteiger partial charge in [0.25, 0.3) is 10.0 Å². The van der Waals surface area contributed by atoms with Crippen molar-refractivity contribution < 1.29 is 8.42 Å². The van der Waals surface area contributed by atoms with Gasteiger partial charge in [0.15, 0.2) is 10.8 Å². The summed E-state index contributed by atoms with van der Waals surface area (Å²) in [5, 5.41) is 4.97. The minimum atomic E-state index is -3.72. The van der Waals surface area contributed by atoms with Crippen LogP contribution < -0.4 is 14.9 Å². The first-order valence-electron chi connectivity index (χ1n) is 7.29. The van der Waals surface area contributed by atoms with E-state index < -0.39 is 10.0 Å². The average molecular weight is 353 g/mol. The van der Waals surface area contributed by atoms with Crippen molar-refractivity contribution in [3.63, 3.8) is 0 Å². The second-order valence-corrected chi connectivity index (χ2v) is 7.84. The quantitative estimate of drug-likeness (QED) is 0.846. The van der Waals surface area contributed by atoms with Gasteiger partial charge in [0, 0.05) is 25.0 Å². The molecule has 3 heterocycles. The predicted molar refractivity (Wildman–Crippen MR) is 91.6 cm³/mol. The number of thiazole rings is 1. The third-order valence-corrected chi connectivity index (χ3v) is 5.78. The maximum absolute atomic E-state index is 12.4. The molecule has 1 atom stereocenters. The summed E-state index contributed by atoms with van der Waals surface area (Å²) >= 11 is 1.33. The Morgan fingerprint density at radius 2 is 2.26 bits per heavy atom. The highest BCUT2D eigenvalue weighted by Gasteiger charge is 2.23. The van der Waals surface area contributed by atoms with E-state index in [1.807, 2.05) is 20.0 Å². The van der Waals surface area contributed by atoms with E-state index in [4.69, 9.17) is 0 Å². The number of aryl methyl sites for hydroxylation is 1. The predicted octanol–water partition coefficient (Wildman–Crippen LogP) is 1.45. The third-order valence-electron chi connectivity index (χ3n) is 3.94. The number of nitrogens with zero attached hydrogens (tertiary/aromatic N) is 3. The molecule has 23 heavy (non-hydrogen) atoms. The van der Waals surface area contributed by atoms with Crippen LogP contribution in [-0.2, 0) is 10.0 Å². The molecular weight excluding hydrogens is 334 g/mol. The molecule has 2 aromatic heterocycles. The van der Waals surface area contributed by atoms with Gasteiger partial charge in [-0.05, 0) is 32.0 Å². The summed E-state index contributed by atoms with van der Waals surface area (Å²) in [4.78, 5) is 10.4. The fourth-order valence-corrected chi connectivity index (χ4v) is 4.23. The molecule has 0 radical (unpaired) electrons. The number of hydrogen-bond donors (Lipinski definition) is 2. The molecule has 0 aromatic carbocycles. The lowest BCUT2D eigenvalue weighted by Crippen LogP contribution is -2.34. The number of hydrogen-bond acceptors (Lipinski definition) is 7. The minimum Gasteiger partial charge on any atom is -0.369 e. The van der Waals surface area contributed by atoms with Gasteiger partial charge in [-0.15, -0.1) is 11.3 Å². The van der Waals surface area contributed by atoms with E-state index in [0.29, 0.717) is 17.6 Å². The highest BCUT2D eigenvalue weighted by molar-refractivity contribution is 7.92. The van der Waals surface area contributed by atoms with Gasteiger partial charge in [0.2, 0.25) is 0 Å². The van der Waals surface area contributed by atoms with Crippen LogP contribution >= 0.6 is 11.3 Å². The minimum absolute atomic E-state index is 0.00435. The first kappa shape index (κ1) is 16.2. The molecule has 1 saturated heterocycles. The van der Waals surface area contributed by atoms with E-state index in [9.17, 15) is 8.42 Å². The Morgan fingerprint density at radius 1 is 1.43 bits per heavy atom. The average Bonchev–Trinajstić information content (AvgIpc) is 3.19. The van der Waals surface area contributed by atoms with E-state index in [1.54, 1.807) is 10.9 Å². The molecule has 2 N–H and O–H groups in total. The zero-order valence-electron chi connectivity index (χ0n) is 13.0.